The highest BCUT2D eigenvalue weighted by Crippen LogP contribution is 2.25. The zero-order valence-electron chi connectivity index (χ0n) is 10.9. The molecular formula is C13H18ClNO3S. The fraction of sp³-hybridized carbons (Fsp3) is 0.538. The summed E-state index contributed by atoms with van der Waals surface area (Å²) in [5, 5.41) is 0. The molecule has 0 atom stereocenters. The van der Waals surface area contributed by atoms with E-state index in [1.165, 1.54) is 0 Å². The third-order valence-corrected chi connectivity index (χ3v) is 4.81. The van der Waals surface area contributed by atoms with Crippen molar-refractivity contribution in [3.63, 3.8) is 0 Å². The molecule has 1 saturated heterocycles. The molecule has 1 aliphatic heterocycles. The maximum Gasteiger partial charge on any atom is 0.240 e. The minimum Gasteiger partial charge on any atom is -0.380 e. The van der Waals surface area contributed by atoms with Crippen LogP contribution in [-0.2, 0) is 21.2 Å². The summed E-state index contributed by atoms with van der Waals surface area (Å²) >= 11 is 5.65. The molecule has 2 rings (SSSR count). The zero-order valence-corrected chi connectivity index (χ0v) is 12.4. The first-order valence-corrected chi connectivity index (χ1v) is 8.19. The van der Waals surface area contributed by atoms with E-state index in [-0.39, 0.29) is 10.3 Å². The van der Waals surface area contributed by atoms with Gasteiger partial charge in [0.2, 0.25) is 10.0 Å². The van der Waals surface area contributed by atoms with E-state index in [1.807, 2.05) is 6.92 Å². The Morgan fingerprint density at radius 2 is 1.95 bits per heavy atom. The summed E-state index contributed by atoms with van der Waals surface area (Å²) in [4.78, 5) is 0.287. The molecule has 6 heteroatoms. The summed E-state index contributed by atoms with van der Waals surface area (Å²) in [7, 11) is -3.44. The van der Waals surface area contributed by atoms with Gasteiger partial charge in [-0.2, -0.15) is 0 Å². The second-order valence-corrected chi connectivity index (χ2v) is 7.36. The van der Waals surface area contributed by atoms with Crippen LogP contribution < -0.4 is 4.72 Å². The predicted molar refractivity (Wildman–Crippen MR) is 75.0 cm³/mol. The second-order valence-electron chi connectivity index (χ2n) is 5.21. The van der Waals surface area contributed by atoms with Gasteiger partial charge in [-0.3, -0.25) is 0 Å². The first-order chi connectivity index (χ1) is 8.95. The van der Waals surface area contributed by atoms with Crippen LogP contribution in [0.1, 0.15) is 12.5 Å². The summed E-state index contributed by atoms with van der Waals surface area (Å²) in [6, 6.07) is 6.82. The molecule has 1 N–H and O–H groups in total. The molecule has 0 aliphatic carbocycles. The molecule has 1 aromatic rings. The molecule has 0 bridgehead atoms. The van der Waals surface area contributed by atoms with Crippen molar-refractivity contribution in [1.29, 1.82) is 0 Å². The van der Waals surface area contributed by atoms with Crippen molar-refractivity contribution in [1.82, 2.24) is 4.72 Å². The lowest BCUT2D eigenvalue weighted by molar-refractivity contribution is -0.0965. The maximum atomic E-state index is 12.1. The molecule has 0 saturated carbocycles. The molecule has 106 valence electrons. The van der Waals surface area contributed by atoms with Crippen LogP contribution in [0.5, 0.6) is 0 Å². The minimum absolute atomic E-state index is 0.0777. The van der Waals surface area contributed by atoms with Gasteiger partial charge in [-0.15, -0.1) is 11.6 Å². The van der Waals surface area contributed by atoms with Crippen molar-refractivity contribution in [2.75, 3.05) is 25.6 Å². The number of hydrogen-bond acceptors (Lipinski definition) is 3. The van der Waals surface area contributed by atoms with E-state index in [1.54, 1.807) is 24.3 Å². The third-order valence-electron chi connectivity index (χ3n) is 3.21. The molecular weight excluding hydrogens is 286 g/mol. The summed E-state index contributed by atoms with van der Waals surface area (Å²) in [6.45, 7) is 3.61. The lowest BCUT2D eigenvalue weighted by atomic mass is 9.89. The topological polar surface area (TPSA) is 55.4 Å². The molecule has 1 aromatic carbocycles. The van der Waals surface area contributed by atoms with Gasteiger partial charge in [0.25, 0.3) is 0 Å². The number of aryl methyl sites for hydroxylation is 1. The molecule has 1 fully saturated rings. The highest BCUT2D eigenvalue weighted by molar-refractivity contribution is 7.89. The van der Waals surface area contributed by atoms with Gasteiger partial charge in [-0.25, -0.2) is 13.1 Å². The van der Waals surface area contributed by atoms with E-state index < -0.39 is 10.0 Å². The third kappa shape index (κ3) is 3.69. The van der Waals surface area contributed by atoms with Gasteiger partial charge in [-0.05, 0) is 24.1 Å². The van der Waals surface area contributed by atoms with E-state index in [0.29, 0.717) is 25.6 Å². The van der Waals surface area contributed by atoms with Crippen molar-refractivity contribution in [2.24, 2.45) is 5.41 Å². The summed E-state index contributed by atoms with van der Waals surface area (Å²) in [5.41, 5.74) is 0.958. The lowest BCUT2D eigenvalue weighted by Gasteiger charge is -2.37. The molecule has 19 heavy (non-hydrogen) atoms. The highest BCUT2D eigenvalue weighted by Gasteiger charge is 2.34. The number of halogens is 1. The number of benzene rings is 1. The number of rotatable bonds is 6. The number of alkyl halides is 1. The van der Waals surface area contributed by atoms with Crippen LogP contribution in [0.2, 0.25) is 0 Å². The molecule has 0 unspecified atom stereocenters. The van der Waals surface area contributed by atoms with Gasteiger partial charge in [0.15, 0.2) is 0 Å². The van der Waals surface area contributed by atoms with Crippen LogP contribution in [0.15, 0.2) is 29.2 Å². The van der Waals surface area contributed by atoms with Crippen molar-refractivity contribution >= 4 is 21.6 Å². The molecule has 0 radical (unpaired) electrons. The van der Waals surface area contributed by atoms with E-state index in [9.17, 15) is 8.42 Å². The lowest BCUT2D eigenvalue weighted by Crippen LogP contribution is -2.48. The first kappa shape index (κ1) is 14.8. The maximum absolute atomic E-state index is 12.1. The van der Waals surface area contributed by atoms with E-state index in [4.69, 9.17) is 16.3 Å². The first-order valence-electron chi connectivity index (χ1n) is 6.18. The fourth-order valence-corrected chi connectivity index (χ4v) is 3.27. The van der Waals surface area contributed by atoms with Gasteiger partial charge in [-0.1, -0.05) is 19.1 Å². The van der Waals surface area contributed by atoms with Crippen molar-refractivity contribution in [3.05, 3.63) is 29.8 Å². The molecule has 1 heterocycles. The van der Waals surface area contributed by atoms with Gasteiger partial charge in [0.05, 0.1) is 18.1 Å². The Morgan fingerprint density at radius 3 is 2.42 bits per heavy atom. The second kappa shape index (κ2) is 5.79. The Kier molecular flexibility index (Phi) is 4.50. The molecule has 0 amide bonds. The normalized spacial score (nSPS) is 18.0. The van der Waals surface area contributed by atoms with Crippen LogP contribution in [0.4, 0.5) is 0 Å². The Bertz CT molecular complexity index is 523. The number of nitrogens with one attached hydrogen (secondary N) is 1. The predicted octanol–water partition coefficient (Wildman–Crippen LogP) is 1.78. The van der Waals surface area contributed by atoms with Crippen molar-refractivity contribution in [3.8, 4) is 0 Å². The SMILES string of the molecule is CC1(CNS(=O)(=O)c2ccc(CCCl)cc2)COC1. The van der Waals surface area contributed by atoms with Gasteiger partial charge in [0.1, 0.15) is 0 Å². The Hall–Kier alpha value is -0.620. The number of hydrogen-bond donors (Lipinski definition) is 1. The van der Waals surface area contributed by atoms with E-state index in [0.717, 1.165) is 12.0 Å². The zero-order chi connectivity index (χ0) is 13.9. The van der Waals surface area contributed by atoms with Crippen molar-refractivity contribution in [2.45, 2.75) is 18.2 Å². The Balaban J connectivity index is 2.02. The quantitative estimate of drug-likeness (QED) is 0.815. The molecule has 1 aliphatic rings. The molecule has 0 spiro atoms. The monoisotopic (exact) mass is 303 g/mol. The Morgan fingerprint density at radius 1 is 1.32 bits per heavy atom. The fourth-order valence-electron chi connectivity index (χ4n) is 1.85. The largest absolute Gasteiger partial charge is 0.380 e. The van der Waals surface area contributed by atoms with Gasteiger partial charge >= 0.3 is 0 Å². The molecule has 0 aromatic heterocycles. The van der Waals surface area contributed by atoms with E-state index >= 15 is 0 Å². The number of sulfonamides is 1. The molecule has 4 nitrogen and oxygen atoms in total. The highest BCUT2D eigenvalue weighted by atomic mass is 35.5. The number of ether oxygens (including phenoxy) is 1. The standard InChI is InChI=1S/C13H18ClNO3S/c1-13(9-18-10-13)8-15-19(16,17)12-4-2-11(3-5-12)6-7-14/h2-5,15H,6-10H2,1H3. The average molecular weight is 304 g/mol. The summed E-state index contributed by atoms with van der Waals surface area (Å²) in [6.07, 6.45) is 0.741. The van der Waals surface area contributed by atoms with Crippen LogP contribution in [-0.4, -0.2) is 34.1 Å². The Labute approximate surface area is 119 Å². The van der Waals surface area contributed by atoms with Crippen molar-refractivity contribution < 1.29 is 13.2 Å². The summed E-state index contributed by atoms with van der Waals surface area (Å²) < 4.78 is 32.0. The van der Waals surface area contributed by atoms with Gasteiger partial charge < -0.3 is 4.74 Å². The smallest absolute Gasteiger partial charge is 0.240 e. The average Bonchev–Trinajstić information content (AvgIpc) is 2.35. The summed E-state index contributed by atoms with van der Waals surface area (Å²) in [5.74, 6) is 0.530. The van der Waals surface area contributed by atoms with Gasteiger partial charge in [0, 0.05) is 17.8 Å². The van der Waals surface area contributed by atoms with Crippen LogP contribution in [0.3, 0.4) is 0 Å². The minimum atomic E-state index is -3.44. The van der Waals surface area contributed by atoms with E-state index in [2.05, 4.69) is 4.72 Å². The van der Waals surface area contributed by atoms with Crippen LogP contribution in [0.25, 0.3) is 0 Å². The van der Waals surface area contributed by atoms with Crippen LogP contribution in [0, 0.1) is 5.41 Å². The van der Waals surface area contributed by atoms with Crippen LogP contribution >= 0.6 is 11.6 Å².